The highest BCUT2D eigenvalue weighted by molar-refractivity contribution is 7.98. The van der Waals surface area contributed by atoms with Crippen molar-refractivity contribution in [3.63, 3.8) is 0 Å². The number of halogens is 2. The van der Waals surface area contributed by atoms with Gasteiger partial charge in [-0.1, -0.05) is 47.1 Å². The molecule has 0 aliphatic carbocycles. The molecule has 0 amide bonds. The molecule has 3 rings (SSSR count). The monoisotopic (exact) mass is 423 g/mol. The topological polar surface area (TPSA) is 106 Å². The van der Waals surface area contributed by atoms with Gasteiger partial charge in [0.1, 0.15) is 6.33 Å². The molecule has 0 saturated carbocycles. The fourth-order valence-electron chi connectivity index (χ4n) is 2.09. The van der Waals surface area contributed by atoms with Gasteiger partial charge >= 0.3 is 5.69 Å². The molecule has 0 atom stereocenters. The van der Waals surface area contributed by atoms with Crippen molar-refractivity contribution in [3.05, 3.63) is 74.0 Å². The van der Waals surface area contributed by atoms with Crippen LogP contribution in [0, 0.1) is 10.1 Å². The van der Waals surface area contributed by atoms with Gasteiger partial charge < -0.3 is 5.11 Å². The molecule has 0 spiro atoms. The predicted molar refractivity (Wildman–Crippen MR) is 104 cm³/mol. The smallest absolute Gasteiger partial charge is 0.312 e. The lowest BCUT2D eigenvalue weighted by Gasteiger charge is -2.03. The van der Waals surface area contributed by atoms with Crippen LogP contribution in [0.25, 0.3) is 0 Å². The first-order valence-corrected chi connectivity index (χ1v) is 9.16. The Morgan fingerprint density at radius 2 is 2.00 bits per heavy atom. The number of rotatable bonds is 6. The Bertz CT molecular complexity index is 1010. The zero-order valence-corrected chi connectivity index (χ0v) is 15.8. The van der Waals surface area contributed by atoms with Crippen LogP contribution in [0.5, 0.6) is 5.75 Å². The first kappa shape index (κ1) is 19.2. The highest BCUT2D eigenvalue weighted by Crippen LogP contribution is 2.32. The molecule has 27 heavy (non-hydrogen) atoms. The van der Waals surface area contributed by atoms with Gasteiger partial charge in [0.15, 0.2) is 0 Å². The van der Waals surface area contributed by atoms with Crippen molar-refractivity contribution in [2.24, 2.45) is 5.10 Å². The van der Waals surface area contributed by atoms with Crippen molar-refractivity contribution in [3.8, 4) is 5.75 Å². The number of aromatic nitrogens is 3. The minimum atomic E-state index is -0.718. The van der Waals surface area contributed by atoms with Crippen LogP contribution in [-0.4, -0.2) is 31.1 Å². The number of hydrogen-bond acceptors (Lipinski definition) is 7. The molecule has 3 aromatic rings. The summed E-state index contributed by atoms with van der Waals surface area (Å²) in [5.74, 6) is 0.107. The van der Waals surface area contributed by atoms with Gasteiger partial charge in [-0.2, -0.15) is 9.78 Å². The molecule has 11 heteroatoms. The number of phenolic OH excluding ortho intramolecular Hbond substituents is 1. The average Bonchev–Trinajstić information content (AvgIpc) is 3.09. The van der Waals surface area contributed by atoms with Crippen molar-refractivity contribution < 1.29 is 10.0 Å². The molecule has 0 bridgehead atoms. The van der Waals surface area contributed by atoms with E-state index in [2.05, 4.69) is 15.3 Å². The van der Waals surface area contributed by atoms with Crippen LogP contribution in [0.4, 0.5) is 5.69 Å². The van der Waals surface area contributed by atoms with Gasteiger partial charge in [-0.15, -0.1) is 10.2 Å². The van der Waals surface area contributed by atoms with E-state index >= 15 is 0 Å². The number of nitro groups is 1. The Morgan fingerprint density at radius 3 is 2.70 bits per heavy atom. The zero-order valence-electron chi connectivity index (χ0n) is 13.5. The molecule has 0 saturated heterocycles. The molecule has 1 aromatic heterocycles. The molecule has 0 aliphatic rings. The highest BCUT2D eigenvalue weighted by atomic mass is 35.5. The standard InChI is InChI=1S/C16H11Cl2N5O3S/c17-12-3-1-10(2-4-12)8-27-16-21-19-9-22(16)20-7-11-5-13(18)6-14(15(11)24)23(25)26/h1-7,9,24H,8H2/b20-7+. The van der Waals surface area contributed by atoms with E-state index in [1.807, 2.05) is 12.1 Å². The van der Waals surface area contributed by atoms with Gasteiger partial charge in [-0.05, 0) is 23.8 Å². The highest BCUT2D eigenvalue weighted by Gasteiger charge is 2.18. The average molecular weight is 424 g/mol. The summed E-state index contributed by atoms with van der Waals surface area (Å²) in [5, 5.41) is 34.2. The molecule has 0 radical (unpaired) electrons. The van der Waals surface area contributed by atoms with Crippen molar-refractivity contribution in [2.75, 3.05) is 0 Å². The summed E-state index contributed by atoms with van der Waals surface area (Å²) in [7, 11) is 0. The van der Waals surface area contributed by atoms with Gasteiger partial charge in [-0.3, -0.25) is 10.1 Å². The van der Waals surface area contributed by atoms with E-state index in [4.69, 9.17) is 23.2 Å². The Balaban J connectivity index is 1.78. The van der Waals surface area contributed by atoms with Crippen molar-refractivity contribution in [1.29, 1.82) is 0 Å². The Kier molecular flexibility index (Phi) is 5.94. The van der Waals surface area contributed by atoms with E-state index in [0.717, 1.165) is 11.6 Å². The third kappa shape index (κ3) is 4.76. The number of aromatic hydroxyl groups is 1. The van der Waals surface area contributed by atoms with Crippen LogP contribution in [0.2, 0.25) is 10.0 Å². The van der Waals surface area contributed by atoms with Crippen molar-refractivity contribution in [2.45, 2.75) is 10.9 Å². The lowest BCUT2D eigenvalue weighted by molar-refractivity contribution is -0.385. The Hall–Kier alpha value is -2.62. The first-order chi connectivity index (χ1) is 12.9. The second-order valence-electron chi connectivity index (χ2n) is 5.24. The van der Waals surface area contributed by atoms with Gasteiger partial charge in [0, 0.05) is 27.4 Å². The molecule has 1 N–H and O–H groups in total. The summed E-state index contributed by atoms with van der Waals surface area (Å²) in [5.41, 5.74) is 0.660. The van der Waals surface area contributed by atoms with Crippen LogP contribution >= 0.6 is 35.0 Å². The lowest BCUT2D eigenvalue weighted by atomic mass is 10.2. The summed E-state index contributed by atoms with van der Waals surface area (Å²) in [4.78, 5) is 10.2. The Morgan fingerprint density at radius 1 is 1.26 bits per heavy atom. The number of thioether (sulfide) groups is 1. The first-order valence-electron chi connectivity index (χ1n) is 7.42. The minimum Gasteiger partial charge on any atom is -0.502 e. The van der Waals surface area contributed by atoms with Gasteiger partial charge in [0.05, 0.1) is 11.1 Å². The second kappa shape index (κ2) is 8.38. The summed E-state index contributed by atoms with van der Waals surface area (Å²) < 4.78 is 1.40. The van der Waals surface area contributed by atoms with E-state index in [1.165, 1.54) is 35.0 Å². The summed E-state index contributed by atoms with van der Waals surface area (Å²) in [6.07, 6.45) is 2.64. The largest absolute Gasteiger partial charge is 0.502 e. The number of nitro benzene ring substituents is 1. The zero-order chi connectivity index (χ0) is 19.4. The van der Waals surface area contributed by atoms with E-state index in [-0.39, 0.29) is 10.6 Å². The van der Waals surface area contributed by atoms with Gasteiger partial charge in [-0.25, -0.2) is 0 Å². The summed E-state index contributed by atoms with van der Waals surface area (Å²) in [6.45, 7) is 0. The molecule has 2 aromatic carbocycles. The van der Waals surface area contributed by atoms with E-state index < -0.39 is 16.4 Å². The lowest BCUT2D eigenvalue weighted by Crippen LogP contribution is -1.95. The Labute approximate surface area is 167 Å². The number of nitrogens with zero attached hydrogens (tertiary/aromatic N) is 5. The molecule has 8 nitrogen and oxygen atoms in total. The molecule has 0 unspecified atom stereocenters. The maximum atomic E-state index is 11.0. The van der Waals surface area contributed by atoms with Gasteiger partial charge in [0.2, 0.25) is 10.9 Å². The summed E-state index contributed by atoms with van der Waals surface area (Å²) in [6, 6.07) is 9.86. The van der Waals surface area contributed by atoms with Gasteiger partial charge in [0.25, 0.3) is 0 Å². The molecule has 0 fully saturated rings. The van der Waals surface area contributed by atoms with E-state index in [9.17, 15) is 15.2 Å². The van der Waals surface area contributed by atoms with Crippen LogP contribution in [0.3, 0.4) is 0 Å². The van der Waals surface area contributed by atoms with Crippen molar-refractivity contribution >= 4 is 46.9 Å². The quantitative estimate of drug-likeness (QED) is 0.273. The van der Waals surface area contributed by atoms with Crippen LogP contribution in [0.15, 0.2) is 53.0 Å². The summed E-state index contributed by atoms with van der Waals surface area (Å²) >= 11 is 13.1. The van der Waals surface area contributed by atoms with Crippen LogP contribution in [-0.2, 0) is 5.75 Å². The molecule has 138 valence electrons. The second-order valence-corrected chi connectivity index (χ2v) is 7.05. The number of phenols is 1. The fraction of sp³-hybridized carbons (Fsp3) is 0.0625. The maximum absolute atomic E-state index is 11.0. The third-order valence-electron chi connectivity index (χ3n) is 3.38. The van der Waals surface area contributed by atoms with Crippen LogP contribution in [0.1, 0.15) is 11.1 Å². The maximum Gasteiger partial charge on any atom is 0.312 e. The van der Waals surface area contributed by atoms with Crippen LogP contribution < -0.4 is 0 Å². The molecule has 1 heterocycles. The molecule has 0 aliphatic heterocycles. The normalized spacial score (nSPS) is 11.2. The molecular weight excluding hydrogens is 413 g/mol. The van der Waals surface area contributed by atoms with E-state index in [0.29, 0.717) is 15.9 Å². The third-order valence-corrected chi connectivity index (χ3v) is 4.86. The predicted octanol–water partition coefficient (Wildman–Crippen LogP) is 4.37. The number of benzene rings is 2. The number of hydrogen-bond donors (Lipinski definition) is 1. The van der Waals surface area contributed by atoms with Crippen molar-refractivity contribution in [1.82, 2.24) is 14.9 Å². The SMILES string of the molecule is O=[N+]([O-])c1cc(Cl)cc(/C=N/n2cnnc2SCc2ccc(Cl)cc2)c1O. The fourth-order valence-corrected chi connectivity index (χ4v) is 3.26. The minimum absolute atomic E-state index is 0.108. The molecular formula is C16H11Cl2N5O3S. The van der Waals surface area contributed by atoms with E-state index in [1.54, 1.807) is 12.1 Å².